The van der Waals surface area contributed by atoms with Crippen LogP contribution < -0.4 is 5.32 Å². The molecular weight excluding hydrogens is 326 g/mol. The lowest BCUT2D eigenvalue weighted by atomic mass is 10.1. The summed E-state index contributed by atoms with van der Waals surface area (Å²) >= 11 is 0. The van der Waals surface area contributed by atoms with Crippen LogP contribution in [0.25, 0.3) is 0 Å². The Labute approximate surface area is 141 Å². The zero-order chi connectivity index (χ0) is 17.7. The molecule has 0 atom stereocenters. The van der Waals surface area contributed by atoms with Crippen LogP contribution in [0, 0.1) is 0 Å². The van der Waals surface area contributed by atoms with Crippen molar-refractivity contribution in [3.63, 3.8) is 0 Å². The van der Waals surface area contributed by atoms with Crippen molar-refractivity contribution in [2.75, 3.05) is 11.1 Å². The second kappa shape index (κ2) is 7.40. The summed E-state index contributed by atoms with van der Waals surface area (Å²) in [6.45, 7) is 3.17. The first-order chi connectivity index (χ1) is 11.4. The predicted octanol–water partition coefficient (Wildman–Crippen LogP) is 3.33. The molecule has 2 rings (SSSR count). The Kier molecular flexibility index (Phi) is 5.51. The highest BCUT2D eigenvalue weighted by Gasteiger charge is 2.22. The molecular formula is C18H19NO4S. The van der Waals surface area contributed by atoms with E-state index in [0.29, 0.717) is 17.7 Å². The van der Waals surface area contributed by atoms with Crippen LogP contribution >= 0.6 is 0 Å². The van der Waals surface area contributed by atoms with Crippen molar-refractivity contribution in [1.29, 1.82) is 0 Å². The Morgan fingerprint density at radius 1 is 0.958 bits per heavy atom. The quantitative estimate of drug-likeness (QED) is 0.814. The molecule has 126 valence electrons. The molecule has 6 heteroatoms. The Bertz CT molecular complexity index is 872. The number of carbonyl (C=O) groups is 2. The van der Waals surface area contributed by atoms with E-state index in [0.717, 1.165) is 0 Å². The van der Waals surface area contributed by atoms with Gasteiger partial charge in [0.2, 0.25) is 0 Å². The van der Waals surface area contributed by atoms with E-state index >= 15 is 0 Å². The fourth-order valence-electron chi connectivity index (χ4n) is 2.39. The van der Waals surface area contributed by atoms with Crippen molar-refractivity contribution in [2.45, 2.75) is 25.2 Å². The van der Waals surface area contributed by atoms with Gasteiger partial charge in [0.25, 0.3) is 5.91 Å². The number of para-hydroxylation sites is 1. The number of Topliss-reactive ketones (excluding diaryl/α,β-unsaturated/α-hetero) is 1. The minimum atomic E-state index is -3.53. The molecule has 0 heterocycles. The molecule has 2 aromatic rings. The van der Waals surface area contributed by atoms with E-state index in [4.69, 9.17) is 0 Å². The summed E-state index contributed by atoms with van der Waals surface area (Å²) in [6.07, 6.45) is 0.464. The maximum atomic E-state index is 12.6. The van der Waals surface area contributed by atoms with Crippen molar-refractivity contribution in [1.82, 2.24) is 0 Å². The molecule has 0 aliphatic heterocycles. The Balaban J connectivity index is 2.41. The van der Waals surface area contributed by atoms with Gasteiger partial charge < -0.3 is 5.32 Å². The lowest BCUT2D eigenvalue weighted by molar-refractivity contribution is 0.101. The van der Waals surface area contributed by atoms with Crippen LogP contribution in [0.3, 0.4) is 0 Å². The molecule has 24 heavy (non-hydrogen) atoms. The molecule has 0 unspecified atom stereocenters. The minimum absolute atomic E-state index is 0.00431. The van der Waals surface area contributed by atoms with Crippen LogP contribution in [0.4, 0.5) is 5.69 Å². The first-order valence-electron chi connectivity index (χ1n) is 7.60. The number of amides is 1. The second-order valence-corrected chi connectivity index (χ2v) is 7.45. The van der Waals surface area contributed by atoms with Gasteiger partial charge in [-0.1, -0.05) is 31.2 Å². The van der Waals surface area contributed by atoms with Crippen molar-refractivity contribution in [3.05, 3.63) is 59.7 Å². The van der Waals surface area contributed by atoms with Gasteiger partial charge in [-0.3, -0.25) is 9.59 Å². The minimum Gasteiger partial charge on any atom is -0.321 e. The summed E-state index contributed by atoms with van der Waals surface area (Å²) in [5.74, 6) is -0.766. The number of nitrogens with one attached hydrogen (secondary N) is 1. The summed E-state index contributed by atoms with van der Waals surface area (Å²) in [4.78, 5) is 24.2. The number of carbonyl (C=O) groups excluding carboxylic acids is 2. The van der Waals surface area contributed by atoms with Crippen LogP contribution in [0.1, 0.15) is 41.0 Å². The van der Waals surface area contributed by atoms with Crippen molar-refractivity contribution < 1.29 is 18.0 Å². The highest BCUT2D eigenvalue weighted by molar-refractivity contribution is 7.91. The summed E-state index contributed by atoms with van der Waals surface area (Å²) in [7, 11) is -3.53. The summed E-state index contributed by atoms with van der Waals surface area (Å²) in [5.41, 5.74) is 0.807. The topological polar surface area (TPSA) is 80.3 Å². The molecule has 0 saturated heterocycles. The van der Waals surface area contributed by atoms with Gasteiger partial charge in [-0.15, -0.1) is 0 Å². The van der Waals surface area contributed by atoms with E-state index in [1.165, 1.54) is 19.1 Å². The van der Waals surface area contributed by atoms with Crippen molar-refractivity contribution >= 4 is 27.2 Å². The Morgan fingerprint density at radius 3 is 2.17 bits per heavy atom. The number of rotatable bonds is 6. The van der Waals surface area contributed by atoms with E-state index in [2.05, 4.69) is 5.32 Å². The maximum Gasteiger partial charge on any atom is 0.257 e. The molecule has 0 saturated carbocycles. The van der Waals surface area contributed by atoms with E-state index in [1.807, 2.05) is 0 Å². The average molecular weight is 345 g/mol. The van der Waals surface area contributed by atoms with Gasteiger partial charge in [0.1, 0.15) is 0 Å². The fraction of sp³-hybridized carbons (Fsp3) is 0.222. The molecule has 0 aromatic heterocycles. The van der Waals surface area contributed by atoms with Gasteiger partial charge in [0.05, 0.1) is 21.9 Å². The van der Waals surface area contributed by atoms with Gasteiger partial charge >= 0.3 is 0 Å². The van der Waals surface area contributed by atoms with Crippen LogP contribution in [0.15, 0.2) is 53.4 Å². The summed E-state index contributed by atoms with van der Waals surface area (Å²) in [6, 6.07) is 12.7. The number of anilines is 1. The van der Waals surface area contributed by atoms with E-state index < -0.39 is 15.7 Å². The number of hydrogen-bond donors (Lipinski definition) is 1. The summed E-state index contributed by atoms with van der Waals surface area (Å²) in [5, 5.41) is 2.64. The van der Waals surface area contributed by atoms with Crippen molar-refractivity contribution in [2.24, 2.45) is 0 Å². The predicted molar refractivity (Wildman–Crippen MR) is 93.2 cm³/mol. The molecule has 0 aliphatic rings. The molecule has 0 spiro atoms. The molecule has 1 N–H and O–H groups in total. The highest BCUT2D eigenvalue weighted by Crippen LogP contribution is 2.21. The highest BCUT2D eigenvalue weighted by atomic mass is 32.2. The zero-order valence-corrected chi connectivity index (χ0v) is 14.4. The third-order valence-corrected chi connectivity index (χ3v) is 5.47. The largest absolute Gasteiger partial charge is 0.321 e. The normalized spacial score (nSPS) is 11.1. The Hall–Kier alpha value is -2.47. The SMILES string of the molecule is CCCS(=O)(=O)c1ccccc1C(=O)Nc1ccccc1C(C)=O. The third-order valence-electron chi connectivity index (χ3n) is 3.49. The van der Waals surface area contributed by atoms with E-state index in [1.54, 1.807) is 43.3 Å². The molecule has 2 aromatic carbocycles. The number of hydrogen-bond acceptors (Lipinski definition) is 4. The third kappa shape index (κ3) is 3.89. The standard InChI is InChI=1S/C18H19NO4S/c1-3-12-24(22,23)17-11-7-5-9-15(17)18(21)19-16-10-6-4-8-14(16)13(2)20/h4-11H,3,12H2,1-2H3,(H,19,21). The lowest BCUT2D eigenvalue weighted by Crippen LogP contribution is -2.18. The van der Waals surface area contributed by atoms with Crippen LogP contribution in [0.5, 0.6) is 0 Å². The second-order valence-electron chi connectivity index (χ2n) is 5.37. The molecule has 0 bridgehead atoms. The van der Waals surface area contributed by atoms with E-state index in [-0.39, 0.29) is 22.0 Å². The van der Waals surface area contributed by atoms with Gasteiger partial charge in [0, 0.05) is 5.56 Å². The molecule has 1 amide bonds. The first kappa shape index (κ1) is 17.9. The maximum absolute atomic E-state index is 12.6. The van der Waals surface area contributed by atoms with Gasteiger partial charge in [-0.25, -0.2) is 8.42 Å². The van der Waals surface area contributed by atoms with Gasteiger partial charge in [0.15, 0.2) is 15.6 Å². The summed E-state index contributed by atoms with van der Waals surface area (Å²) < 4.78 is 24.7. The lowest BCUT2D eigenvalue weighted by Gasteiger charge is -2.12. The Morgan fingerprint density at radius 2 is 1.54 bits per heavy atom. The number of ketones is 1. The molecule has 0 aliphatic carbocycles. The van der Waals surface area contributed by atoms with Crippen LogP contribution in [0.2, 0.25) is 0 Å². The fourth-order valence-corrected chi connectivity index (χ4v) is 3.93. The molecule has 0 radical (unpaired) electrons. The molecule has 5 nitrogen and oxygen atoms in total. The van der Waals surface area contributed by atoms with Gasteiger partial charge in [-0.2, -0.15) is 0 Å². The van der Waals surface area contributed by atoms with E-state index in [9.17, 15) is 18.0 Å². The average Bonchev–Trinajstić information content (AvgIpc) is 2.55. The van der Waals surface area contributed by atoms with Crippen LogP contribution in [-0.4, -0.2) is 25.9 Å². The van der Waals surface area contributed by atoms with Crippen molar-refractivity contribution in [3.8, 4) is 0 Å². The van der Waals surface area contributed by atoms with Crippen LogP contribution in [-0.2, 0) is 9.84 Å². The first-order valence-corrected chi connectivity index (χ1v) is 9.25. The molecule has 0 fully saturated rings. The smallest absolute Gasteiger partial charge is 0.257 e. The number of benzene rings is 2. The number of sulfone groups is 1. The zero-order valence-electron chi connectivity index (χ0n) is 13.6. The van der Waals surface area contributed by atoms with Gasteiger partial charge in [-0.05, 0) is 37.6 Å². The monoisotopic (exact) mass is 345 g/mol.